The minimum absolute atomic E-state index is 0.0277. The first kappa shape index (κ1) is 20.9. The maximum absolute atomic E-state index is 12.6. The summed E-state index contributed by atoms with van der Waals surface area (Å²) in [5, 5.41) is 5.98. The Kier molecular flexibility index (Phi) is 6.91. The van der Waals surface area contributed by atoms with Gasteiger partial charge in [0, 0.05) is 23.2 Å². The van der Waals surface area contributed by atoms with Crippen LogP contribution < -0.4 is 15.4 Å². The van der Waals surface area contributed by atoms with Crippen LogP contribution in [-0.4, -0.2) is 17.9 Å². The number of carbonyl (C=O) groups is 2. The lowest BCUT2D eigenvalue weighted by atomic mass is 9.81. The maximum Gasteiger partial charge on any atom is 0.227 e. The standard InChI is InChI=1S/C24H30N2O3/c1-16(2)29-22-14-12-21(13-15-22)26-24(28)19-8-6-18(7-9-19)23(27)25-20-10-4-17(3)5-11-20/h4-5,10-16,18-19H,6-9H2,1-3H3,(H,25,27)(H,26,28). The van der Waals surface area contributed by atoms with Crippen LogP contribution in [0.2, 0.25) is 0 Å². The van der Waals surface area contributed by atoms with Gasteiger partial charge in [0.05, 0.1) is 6.10 Å². The topological polar surface area (TPSA) is 67.4 Å². The van der Waals surface area contributed by atoms with E-state index in [1.807, 2.05) is 69.3 Å². The summed E-state index contributed by atoms with van der Waals surface area (Å²) in [7, 11) is 0. The number of aryl methyl sites for hydroxylation is 1. The van der Waals surface area contributed by atoms with Gasteiger partial charge in [-0.15, -0.1) is 0 Å². The number of rotatable bonds is 6. The van der Waals surface area contributed by atoms with Crippen LogP contribution in [-0.2, 0) is 9.59 Å². The Morgan fingerprint density at radius 1 is 0.793 bits per heavy atom. The van der Waals surface area contributed by atoms with Gasteiger partial charge in [0.2, 0.25) is 11.8 Å². The zero-order valence-corrected chi connectivity index (χ0v) is 17.4. The van der Waals surface area contributed by atoms with Crippen molar-refractivity contribution in [2.75, 3.05) is 10.6 Å². The molecule has 2 amide bonds. The van der Waals surface area contributed by atoms with E-state index >= 15 is 0 Å². The molecule has 1 fully saturated rings. The second-order valence-corrected chi connectivity index (χ2v) is 8.08. The highest BCUT2D eigenvalue weighted by molar-refractivity contribution is 5.94. The van der Waals surface area contributed by atoms with E-state index in [1.54, 1.807) is 0 Å². The normalized spacial score (nSPS) is 18.9. The molecule has 0 aliphatic heterocycles. The Bertz CT molecular complexity index is 820. The van der Waals surface area contributed by atoms with Gasteiger partial charge in [-0.1, -0.05) is 17.7 Å². The molecule has 3 rings (SSSR count). The van der Waals surface area contributed by atoms with E-state index in [4.69, 9.17) is 4.74 Å². The third-order valence-corrected chi connectivity index (χ3v) is 5.28. The Balaban J connectivity index is 1.46. The molecule has 0 spiro atoms. The van der Waals surface area contributed by atoms with Crippen LogP contribution in [0.1, 0.15) is 45.1 Å². The van der Waals surface area contributed by atoms with Crippen molar-refractivity contribution in [1.82, 2.24) is 0 Å². The van der Waals surface area contributed by atoms with Crippen molar-refractivity contribution in [3.63, 3.8) is 0 Å². The predicted molar refractivity (Wildman–Crippen MR) is 116 cm³/mol. The van der Waals surface area contributed by atoms with Gasteiger partial charge >= 0.3 is 0 Å². The third kappa shape index (κ3) is 6.08. The smallest absolute Gasteiger partial charge is 0.227 e. The summed E-state index contributed by atoms with van der Waals surface area (Å²) in [5.74, 6) is 0.782. The van der Waals surface area contributed by atoms with Gasteiger partial charge in [0.1, 0.15) is 5.75 Å². The minimum atomic E-state index is -0.0509. The first-order valence-electron chi connectivity index (χ1n) is 10.4. The van der Waals surface area contributed by atoms with Gasteiger partial charge in [-0.25, -0.2) is 0 Å². The summed E-state index contributed by atoms with van der Waals surface area (Å²) >= 11 is 0. The molecule has 5 nitrogen and oxygen atoms in total. The van der Waals surface area contributed by atoms with Gasteiger partial charge < -0.3 is 15.4 Å². The van der Waals surface area contributed by atoms with E-state index in [2.05, 4.69) is 10.6 Å². The zero-order valence-electron chi connectivity index (χ0n) is 17.4. The Hall–Kier alpha value is -2.82. The van der Waals surface area contributed by atoms with Crippen LogP contribution in [0, 0.1) is 18.8 Å². The first-order chi connectivity index (χ1) is 13.9. The first-order valence-corrected chi connectivity index (χ1v) is 10.4. The van der Waals surface area contributed by atoms with Crippen molar-refractivity contribution in [3.8, 4) is 5.75 Å². The fourth-order valence-corrected chi connectivity index (χ4v) is 3.63. The van der Waals surface area contributed by atoms with Crippen molar-refractivity contribution in [3.05, 3.63) is 54.1 Å². The fourth-order valence-electron chi connectivity index (χ4n) is 3.63. The number of amides is 2. The summed E-state index contributed by atoms with van der Waals surface area (Å²) in [4.78, 5) is 25.1. The SMILES string of the molecule is Cc1ccc(NC(=O)C2CCC(C(=O)Nc3ccc(OC(C)C)cc3)CC2)cc1. The average molecular weight is 395 g/mol. The van der Waals surface area contributed by atoms with E-state index in [0.717, 1.165) is 48.4 Å². The van der Waals surface area contributed by atoms with E-state index in [9.17, 15) is 9.59 Å². The van der Waals surface area contributed by atoms with Gasteiger partial charge in [0.15, 0.2) is 0 Å². The molecule has 0 bridgehead atoms. The highest BCUT2D eigenvalue weighted by Crippen LogP contribution is 2.31. The number of benzene rings is 2. The fraction of sp³-hybridized carbons (Fsp3) is 0.417. The molecule has 1 aliphatic rings. The van der Waals surface area contributed by atoms with Gasteiger partial charge in [0.25, 0.3) is 0 Å². The number of hydrogen-bond donors (Lipinski definition) is 2. The molecular formula is C24H30N2O3. The molecule has 154 valence electrons. The lowest BCUT2D eigenvalue weighted by Gasteiger charge is -2.27. The summed E-state index contributed by atoms with van der Waals surface area (Å²) in [6.45, 7) is 5.98. The molecule has 0 heterocycles. The lowest BCUT2D eigenvalue weighted by Crippen LogP contribution is -2.32. The molecule has 2 N–H and O–H groups in total. The predicted octanol–water partition coefficient (Wildman–Crippen LogP) is 5.17. The van der Waals surface area contributed by atoms with Crippen molar-refractivity contribution >= 4 is 23.2 Å². The number of nitrogens with one attached hydrogen (secondary N) is 2. The third-order valence-electron chi connectivity index (χ3n) is 5.28. The molecule has 0 unspecified atom stereocenters. The summed E-state index contributed by atoms with van der Waals surface area (Å²) in [6, 6.07) is 15.3. The molecular weight excluding hydrogens is 364 g/mol. The number of hydrogen-bond acceptors (Lipinski definition) is 3. The largest absolute Gasteiger partial charge is 0.491 e. The number of anilines is 2. The van der Waals surface area contributed by atoms with Crippen molar-refractivity contribution in [2.24, 2.45) is 11.8 Å². The molecule has 29 heavy (non-hydrogen) atoms. The molecule has 1 saturated carbocycles. The van der Waals surface area contributed by atoms with Crippen LogP contribution in [0.3, 0.4) is 0 Å². The molecule has 2 aromatic carbocycles. The lowest BCUT2D eigenvalue weighted by molar-refractivity contribution is -0.125. The van der Waals surface area contributed by atoms with E-state index in [1.165, 1.54) is 0 Å². The van der Waals surface area contributed by atoms with Crippen LogP contribution in [0.5, 0.6) is 5.75 Å². The summed E-state index contributed by atoms with van der Waals surface area (Å²) in [6.07, 6.45) is 3.04. The Labute approximate surface area is 172 Å². The van der Waals surface area contributed by atoms with Crippen LogP contribution >= 0.6 is 0 Å². The summed E-state index contributed by atoms with van der Waals surface area (Å²) in [5.41, 5.74) is 2.76. The van der Waals surface area contributed by atoms with Crippen LogP contribution in [0.15, 0.2) is 48.5 Å². The second kappa shape index (κ2) is 9.59. The maximum atomic E-state index is 12.6. The molecule has 2 aromatic rings. The minimum Gasteiger partial charge on any atom is -0.491 e. The summed E-state index contributed by atoms with van der Waals surface area (Å²) < 4.78 is 5.62. The highest BCUT2D eigenvalue weighted by Gasteiger charge is 2.30. The van der Waals surface area contributed by atoms with Crippen LogP contribution in [0.4, 0.5) is 11.4 Å². The Morgan fingerprint density at radius 2 is 1.21 bits per heavy atom. The number of ether oxygens (including phenoxy) is 1. The van der Waals surface area contributed by atoms with Gasteiger partial charge in [-0.2, -0.15) is 0 Å². The van der Waals surface area contributed by atoms with Crippen molar-refractivity contribution in [2.45, 2.75) is 52.6 Å². The molecule has 0 aromatic heterocycles. The van der Waals surface area contributed by atoms with E-state index < -0.39 is 0 Å². The molecule has 0 radical (unpaired) electrons. The second-order valence-electron chi connectivity index (χ2n) is 8.08. The Morgan fingerprint density at radius 3 is 1.62 bits per heavy atom. The van der Waals surface area contributed by atoms with E-state index in [-0.39, 0.29) is 29.8 Å². The van der Waals surface area contributed by atoms with Gasteiger partial charge in [-0.3, -0.25) is 9.59 Å². The molecule has 1 aliphatic carbocycles. The van der Waals surface area contributed by atoms with Crippen LogP contribution in [0.25, 0.3) is 0 Å². The van der Waals surface area contributed by atoms with E-state index in [0.29, 0.717) is 0 Å². The molecule has 0 saturated heterocycles. The van der Waals surface area contributed by atoms with Gasteiger partial charge in [-0.05, 0) is 82.9 Å². The highest BCUT2D eigenvalue weighted by atomic mass is 16.5. The quantitative estimate of drug-likeness (QED) is 0.711. The molecule has 0 atom stereocenters. The molecule has 5 heteroatoms. The monoisotopic (exact) mass is 394 g/mol. The number of carbonyl (C=O) groups excluding carboxylic acids is 2. The van der Waals surface area contributed by atoms with Crippen molar-refractivity contribution in [1.29, 1.82) is 0 Å². The zero-order chi connectivity index (χ0) is 20.8. The van der Waals surface area contributed by atoms with Crippen molar-refractivity contribution < 1.29 is 14.3 Å². The average Bonchev–Trinajstić information content (AvgIpc) is 2.71.